The molecule has 0 atom stereocenters. The van der Waals surface area contributed by atoms with E-state index in [2.05, 4.69) is 58.3 Å². The Balaban J connectivity index is 2.37. The van der Waals surface area contributed by atoms with Crippen LogP contribution in [0.2, 0.25) is 0 Å². The van der Waals surface area contributed by atoms with Crippen molar-refractivity contribution < 1.29 is 10.2 Å². The standard InChI is InChI=1S/C26H31N3O2/c1-27(2)20-11-7-18(8-12-20)25(19-9-13-21(14-10-19)28(3)4)23-16-15-22(29(5)6)17-24(23)26(30)31/h7-17,30-31H,1-6H3. The fourth-order valence-electron chi connectivity index (χ4n) is 3.54. The van der Waals surface area contributed by atoms with Crippen molar-refractivity contribution >= 4 is 28.6 Å². The first-order valence-electron chi connectivity index (χ1n) is 10.2. The van der Waals surface area contributed by atoms with Crippen molar-refractivity contribution in [3.8, 4) is 0 Å². The second-order valence-corrected chi connectivity index (χ2v) is 8.21. The molecule has 2 N–H and O–H groups in total. The zero-order valence-corrected chi connectivity index (χ0v) is 19.1. The lowest BCUT2D eigenvalue weighted by Gasteiger charge is -2.17. The second-order valence-electron chi connectivity index (χ2n) is 8.21. The first-order chi connectivity index (χ1) is 14.7. The Kier molecular flexibility index (Phi) is 6.44. The predicted molar refractivity (Wildman–Crippen MR) is 132 cm³/mol. The number of benzene rings is 3. The minimum Gasteiger partial charge on any atom is -0.481 e. The molecular weight excluding hydrogens is 386 g/mol. The Hall–Kier alpha value is -3.60. The SMILES string of the molecule is CN(C)c1ccc(C(c2ccc(N(C)C)cc2)=c2ccc(N(C)C)cc2=C(O)O)cc1. The number of aliphatic hydroxyl groups is 2. The molecule has 31 heavy (non-hydrogen) atoms. The zero-order valence-electron chi connectivity index (χ0n) is 19.1. The molecule has 0 fully saturated rings. The maximum absolute atomic E-state index is 10.1. The molecule has 0 saturated carbocycles. The predicted octanol–water partition coefficient (Wildman–Crippen LogP) is 3.31. The second kappa shape index (κ2) is 9.04. The summed E-state index contributed by atoms with van der Waals surface area (Å²) in [5.41, 5.74) is 6.05. The molecule has 0 aliphatic rings. The smallest absolute Gasteiger partial charge is 0.282 e. The van der Waals surface area contributed by atoms with Gasteiger partial charge in [0.25, 0.3) is 5.95 Å². The molecule has 0 radical (unpaired) electrons. The maximum atomic E-state index is 10.1. The van der Waals surface area contributed by atoms with Crippen LogP contribution in [0.4, 0.5) is 17.1 Å². The van der Waals surface area contributed by atoms with Gasteiger partial charge in [0.1, 0.15) is 0 Å². The zero-order chi connectivity index (χ0) is 22.7. The van der Waals surface area contributed by atoms with Gasteiger partial charge in [0.15, 0.2) is 0 Å². The van der Waals surface area contributed by atoms with E-state index in [1.54, 1.807) is 6.07 Å². The lowest BCUT2D eigenvalue weighted by molar-refractivity contribution is 0.298. The number of rotatable bonds is 5. The molecule has 0 aliphatic carbocycles. The molecule has 0 saturated heterocycles. The van der Waals surface area contributed by atoms with Crippen molar-refractivity contribution in [3.05, 3.63) is 88.3 Å². The van der Waals surface area contributed by atoms with Crippen LogP contribution in [0.1, 0.15) is 11.1 Å². The van der Waals surface area contributed by atoms with E-state index < -0.39 is 5.95 Å². The molecule has 0 bridgehead atoms. The summed E-state index contributed by atoms with van der Waals surface area (Å²) < 4.78 is 0. The van der Waals surface area contributed by atoms with E-state index in [9.17, 15) is 10.2 Å². The van der Waals surface area contributed by atoms with E-state index in [4.69, 9.17) is 0 Å². The Morgan fingerprint density at radius 2 is 0.903 bits per heavy atom. The number of hydrogen-bond donors (Lipinski definition) is 2. The average Bonchev–Trinajstić information content (AvgIpc) is 2.74. The molecule has 0 heterocycles. The lowest BCUT2D eigenvalue weighted by Crippen LogP contribution is -2.31. The molecule has 3 aromatic rings. The number of hydrogen-bond acceptors (Lipinski definition) is 5. The summed E-state index contributed by atoms with van der Waals surface area (Å²) in [5.74, 6) is -0.689. The van der Waals surface area contributed by atoms with Gasteiger partial charge in [-0.1, -0.05) is 30.3 Å². The third kappa shape index (κ3) is 4.77. The van der Waals surface area contributed by atoms with Gasteiger partial charge in [-0.25, -0.2) is 0 Å². The fourth-order valence-corrected chi connectivity index (χ4v) is 3.54. The van der Waals surface area contributed by atoms with Gasteiger partial charge in [-0.3, -0.25) is 0 Å². The lowest BCUT2D eigenvalue weighted by atomic mass is 9.94. The van der Waals surface area contributed by atoms with E-state index in [0.29, 0.717) is 5.22 Å². The normalized spacial score (nSPS) is 10.5. The molecule has 3 rings (SSSR count). The molecule has 3 aromatic carbocycles. The Labute approximate surface area is 184 Å². The van der Waals surface area contributed by atoms with Crippen molar-refractivity contribution in [1.29, 1.82) is 0 Å². The van der Waals surface area contributed by atoms with Gasteiger partial charge in [-0.05, 0) is 58.3 Å². The van der Waals surface area contributed by atoms with Gasteiger partial charge < -0.3 is 24.9 Å². The minimum atomic E-state index is -0.689. The monoisotopic (exact) mass is 417 g/mol. The van der Waals surface area contributed by atoms with Crippen LogP contribution in [-0.2, 0) is 0 Å². The van der Waals surface area contributed by atoms with Gasteiger partial charge in [0.2, 0.25) is 0 Å². The highest BCUT2D eigenvalue weighted by Gasteiger charge is 2.11. The van der Waals surface area contributed by atoms with E-state index in [0.717, 1.165) is 39.0 Å². The molecule has 0 spiro atoms. The molecule has 162 valence electrons. The quantitative estimate of drug-likeness (QED) is 0.667. The van der Waals surface area contributed by atoms with Gasteiger partial charge in [-0.2, -0.15) is 0 Å². The molecular formula is C26H31N3O2. The van der Waals surface area contributed by atoms with Crippen LogP contribution >= 0.6 is 0 Å². The van der Waals surface area contributed by atoms with E-state index in [1.165, 1.54) is 0 Å². The van der Waals surface area contributed by atoms with Crippen molar-refractivity contribution in [2.24, 2.45) is 0 Å². The van der Waals surface area contributed by atoms with Gasteiger partial charge >= 0.3 is 0 Å². The molecule has 0 amide bonds. The van der Waals surface area contributed by atoms with Crippen LogP contribution in [0, 0.1) is 0 Å². The van der Waals surface area contributed by atoms with Gasteiger partial charge in [0.05, 0.1) is 5.22 Å². The van der Waals surface area contributed by atoms with Crippen LogP contribution in [-0.4, -0.2) is 52.5 Å². The van der Waals surface area contributed by atoms with Crippen LogP contribution < -0.4 is 25.1 Å². The molecule has 0 unspecified atom stereocenters. The first kappa shape index (κ1) is 22.1. The number of nitrogens with zero attached hydrogens (tertiary/aromatic N) is 3. The summed E-state index contributed by atoms with van der Waals surface area (Å²) in [4.78, 5) is 6.05. The average molecular weight is 418 g/mol. The third-order valence-electron chi connectivity index (χ3n) is 5.37. The van der Waals surface area contributed by atoms with Crippen LogP contribution in [0.25, 0.3) is 11.5 Å². The molecule has 5 heteroatoms. The van der Waals surface area contributed by atoms with E-state index in [-0.39, 0.29) is 0 Å². The van der Waals surface area contributed by atoms with Crippen molar-refractivity contribution in [2.45, 2.75) is 0 Å². The first-order valence-corrected chi connectivity index (χ1v) is 10.2. The molecule has 0 aliphatic heterocycles. The molecule has 0 aromatic heterocycles. The fraction of sp³-hybridized carbons (Fsp3) is 0.231. The van der Waals surface area contributed by atoms with Crippen LogP contribution in [0.5, 0.6) is 0 Å². The summed E-state index contributed by atoms with van der Waals surface area (Å²) in [5, 5.41) is 21.4. The number of anilines is 3. The highest BCUT2D eigenvalue weighted by molar-refractivity contribution is 5.81. The van der Waals surface area contributed by atoms with Crippen LogP contribution in [0.15, 0.2) is 66.7 Å². The minimum absolute atomic E-state index is 0.398. The number of aliphatic hydroxyl groups excluding tert-OH is 1. The summed E-state index contributed by atoms with van der Waals surface area (Å²) >= 11 is 0. The summed E-state index contributed by atoms with van der Waals surface area (Å²) in [7, 11) is 11.9. The summed E-state index contributed by atoms with van der Waals surface area (Å²) in [6.45, 7) is 0. The topological polar surface area (TPSA) is 50.2 Å². The Bertz CT molecular complexity index is 1110. The summed E-state index contributed by atoms with van der Waals surface area (Å²) in [6.07, 6.45) is 0. The van der Waals surface area contributed by atoms with Crippen LogP contribution in [0.3, 0.4) is 0 Å². The largest absolute Gasteiger partial charge is 0.481 e. The Morgan fingerprint density at radius 1 is 0.516 bits per heavy atom. The van der Waals surface area contributed by atoms with Gasteiger partial charge in [0, 0.05) is 59.3 Å². The molecule has 5 nitrogen and oxygen atoms in total. The van der Waals surface area contributed by atoms with Crippen molar-refractivity contribution in [1.82, 2.24) is 0 Å². The summed E-state index contributed by atoms with van der Waals surface area (Å²) in [6, 6.07) is 22.3. The van der Waals surface area contributed by atoms with E-state index in [1.807, 2.05) is 59.3 Å². The van der Waals surface area contributed by atoms with E-state index >= 15 is 0 Å². The maximum Gasteiger partial charge on any atom is 0.282 e. The third-order valence-corrected chi connectivity index (χ3v) is 5.37. The highest BCUT2D eigenvalue weighted by atomic mass is 16.5. The van der Waals surface area contributed by atoms with Gasteiger partial charge in [-0.15, -0.1) is 0 Å². The van der Waals surface area contributed by atoms with Crippen molar-refractivity contribution in [3.63, 3.8) is 0 Å². The van der Waals surface area contributed by atoms with Crippen molar-refractivity contribution in [2.75, 3.05) is 57.0 Å². The Morgan fingerprint density at radius 3 is 1.26 bits per heavy atom. The highest BCUT2D eigenvalue weighted by Crippen LogP contribution is 2.25.